The Labute approximate surface area is 351 Å². The summed E-state index contributed by atoms with van der Waals surface area (Å²) >= 11 is 0. The zero-order valence-corrected chi connectivity index (χ0v) is 36.0. The highest BCUT2D eigenvalue weighted by atomic mass is 31.2. The third-order valence-corrected chi connectivity index (χ3v) is 10.5. The number of aliphatic carboxylic acids is 1. The number of hydrogen-bond donors (Lipinski definition) is 6. The van der Waals surface area contributed by atoms with Crippen LogP contribution in [0.2, 0.25) is 0 Å². The second-order valence-electron chi connectivity index (χ2n) is 14.8. The van der Waals surface area contributed by atoms with E-state index in [9.17, 15) is 39.2 Å². The lowest BCUT2D eigenvalue weighted by molar-refractivity contribution is -0.160. The summed E-state index contributed by atoms with van der Waals surface area (Å²) in [5, 5.41) is 40.2. The van der Waals surface area contributed by atoms with Crippen molar-refractivity contribution in [1.29, 1.82) is 0 Å². The first-order valence-electron chi connectivity index (χ1n) is 21.2. The molecule has 7 N–H and O–H groups in total. The standard InChI is InChI=1S/C44H72NO13P/c1-3-5-7-8-9-10-11-12-13-14-15-16-17-18-19-20-22-28-43(50)58-36(33-56-59(53,54)57-34-39(45)44(51)52)32-55-42(49)27-24-23-26-37-38(41(48)31-40(37)47)30-29-35(46)25-21-6-4-2/h9-10,12-13,15-16,18-19,23-24,29-30,35-41,46-48H,3-8,11,14,17,20-22,25-28,31-34,45H2,1-2H3,(H,51,52)(H,53,54)/b10-9-,13-12-,16-15-,19-18-,24-23-,30-29+/t35-,36-,37+,38-,39+,40+,41-/m1/s1. The second-order valence-corrected chi connectivity index (χ2v) is 16.2. The van der Waals surface area contributed by atoms with E-state index in [1.54, 1.807) is 24.3 Å². The molecule has 1 aliphatic carbocycles. The number of unbranched alkanes of at least 4 members (excludes halogenated alkanes) is 6. The minimum Gasteiger partial charge on any atom is -0.480 e. The van der Waals surface area contributed by atoms with Crippen LogP contribution in [-0.4, -0.2) is 93.5 Å². The fourth-order valence-electron chi connectivity index (χ4n) is 6.09. The third kappa shape index (κ3) is 28.1. The van der Waals surface area contributed by atoms with Crippen LogP contribution in [0.4, 0.5) is 0 Å². The Hall–Kier alpha value is -3.20. The lowest BCUT2D eigenvalue weighted by Crippen LogP contribution is -2.34. The van der Waals surface area contributed by atoms with Gasteiger partial charge in [0, 0.05) is 18.8 Å². The normalized spacial score (nSPS) is 21.3. The van der Waals surface area contributed by atoms with Crippen LogP contribution in [-0.2, 0) is 37.5 Å². The molecule has 59 heavy (non-hydrogen) atoms. The van der Waals surface area contributed by atoms with Gasteiger partial charge in [0.1, 0.15) is 12.6 Å². The van der Waals surface area contributed by atoms with Crippen molar-refractivity contribution < 1.29 is 62.8 Å². The summed E-state index contributed by atoms with van der Waals surface area (Å²) in [5.74, 6) is -3.48. The Morgan fingerprint density at radius 3 is 1.98 bits per heavy atom. The van der Waals surface area contributed by atoms with Gasteiger partial charge in [0.2, 0.25) is 0 Å². The van der Waals surface area contributed by atoms with Crippen LogP contribution in [0.3, 0.4) is 0 Å². The van der Waals surface area contributed by atoms with Crippen molar-refractivity contribution in [2.75, 3.05) is 19.8 Å². The molecule has 1 rings (SSSR count). The van der Waals surface area contributed by atoms with Crippen LogP contribution in [0.25, 0.3) is 0 Å². The van der Waals surface area contributed by atoms with E-state index in [1.165, 1.54) is 19.3 Å². The van der Waals surface area contributed by atoms with Gasteiger partial charge in [-0.25, -0.2) is 4.57 Å². The summed E-state index contributed by atoms with van der Waals surface area (Å²) in [7, 11) is -4.82. The first kappa shape index (κ1) is 53.8. The first-order valence-corrected chi connectivity index (χ1v) is 22.7. The number of aliphatic hydroxyl groups is 3. The predicted octanol–water partition coefficient (Wildman–Crippen LogP) is 7.32. The maximum absolute atomic E-state index is 12.7. The molecule has 8 atom stereocenters. The fraction of sp³-hybridized carbons (Fsp3) is 0.659. The van der Waals surface area contributed by atoms with Crippen molar-refractivity contribution in [3.8, 4) is 0 Å². The Balaban J connectivity index is 2.61. The van der Waals surface area contributed by atoms with Gasteiger partial charge in [0.05, 0.1) is 37.9 Å². The van der Waals surface area contributed by atoms with Crippen molar-refractivity contribution in [1.82, 2.24) is 0 Å². The Bertz CT molecular complexity index is 1390. The highest BCUT2D eigenvalue weighted by Gasteiger charge is 2.39. The highest BCUT2D eigenvalue weighted by molar-refractivity contribution is 7.47. The fourth-order valence-corrected chi connectivity index (χ4v) is 6.87. The van der Waals surface area contributed by atoms with Crippen LogP contribution in [0.15, 0.2) is 72.9 Å². The predicted molar refractivity (Wildman–Crippen MR) is 228 cm³/mol. The number of allylic oxidation sites excluding steroid dienone is 9. The number of carboxylic acid groups (broad SMARTS) is 1. The Morgan fingerprint density at radius 1 is 0.763 bits per heavy atom. The van der Waals surface area contributed by atoms with Gasteiger partial charge in [-0.05, 0) is 63.7 Å². The summed E-state index contributed by atoms with van der Waals surface area (Å²) in [6.45, 7) is 2.25. The molecule has 15 heteroatoms. The lowest BCUT2D eigenvalue weighted by atomic mass is 9.89. The zero-order valence-electron chi connectivity index (χ0n) is 35.1. The number of nitrogens with two attached hydrogens (primary N) is 1. The Morgan fingerprint density at radius 2 is 1.36 bits per heavy atom. The Kier molecular flexibility index (Phi) is 30.6. The second kappa shape index (κ2) is 33.5. The van der Waals surface area contributed by atoms with E-state index in [0.29, 0.717) is 25.7 Å². The number of carbonyl (C=O) groups excluding carboxylic acids is 2. The van der Waals surface area contributed by atoms with Crippen LogP contribution in [0, 0.1) is 11.8 Å². The molecule has 0 radical (unpaired) electrons. The van der Waals surface area contributed by atoms with Crippen molar-refractivity contribution in [3.05, 3.63) is 72.9 Å². The quantitative estimate of drug-likeness (QED) is 0.0161. The van der Waals surface area contributed by atoms with Crippen molar-refractivity contribution in [2.24, 2.45) is 17.6 Å². The molecule has 0 amide bonds. The van der Waals surface area contributed by atoms with Gasteiger partial charge in [-0.2, -0.15) is 0 Å². The number of ether oxygens (including phenoxy) is 2. The minimum atomic E-state index is -4.82. The van der Waals surface area contributed by atoms with E-state index in [4.69, 9.17) is 24.8 Å². The molecule has 0 aromatic rings. The number of phosphoric acid groups is 1. The van der Waals surface area contributed by atoms with E-state index < -0.39 is 76.0 Å². The summed E-state index contributed by atoms with van der Waals surface area (Å²) in [5.41, 5.74) is 5.32. The zero-order chi connectivity index (χ0) is 43.7. The molecule has 0 heterocycles. The van der Waals surface area contributed by atoms with Crippen LogP contribution in [0.5, 0.6) is 0 Å². The molecule has 14 nitrogen and oxygen atoms in total. The SMILES string of the molecule is CCCCC/C=C\C/C=C\C/C=C\C/C=C\CCCC(=O)O[C@H](COC(=O)C/C=C\C[C@H]1[C@@H](/C=C/[C@H](O)CCCCC)[C@H](O)C[C@@H]1O)COP(=O)(O)OC[C@H](N)C(=O)O. The van der Waals surface area contributed by atoms with Crippen LogP contribution in [0.1, 0.15) is 123 Å². The summed E-state index contributed by atoms with van der Waals surface area (Å²) < 4.78 is 32.5. The number of phosphoric ester groups is 1. The number of rotatable bonds is 34. The molecular weight excluding hydrogens is 781 g/mol. The minimum absolute atomic E-state index is 0.0156. The van der Waals surface area contributed by atoms with Gasteiger partial charge in [0.25, 0.3) is 0 Å². The molecule has 0 aromatic carbocycles. The van der Waals surface area contributed by atoms with Gasteiger partial charge < -0.3 is 40.5 Å². The summed E-state index contributed by atoms with van der Waals surface area (Å²) in [4.78, 5) is 46.2. The van der Waals surface area contributed by atoms with Crippen molar-refractivity contribution >= 4 is 25.7 Å². The monoisotopic (exact) mass is 853 g/mol. The van der Waals surface area contributed by atoms with Gasteiger partial charge in [-0.1, -0.05) is 119 Å². The molecule has 0 bridgehead atoms. The molecule has 1 fully saturated rings. The molecule has 1 unspecified atom stereocenters. The smallest absolute Gasteiger partial charge is 0.472 e. The van der Waals surface area contributed by atoms with Gasteiger partial charge in [0.15, 0.2) is 6.10 Å². The summed E-state index contributed by atoms with van der Waals surface area (Å²) in [6.07, 6.45) is 32.6. The number of hydrogen-bond acceptors (Lipinski definition) is 12. The van der Waals surface area contributed by atoms with Crippen molar-refractivity contribution in [2.45, 2.75) is 153 Å². The maximum Gasteiger partial charge on any atom is 0.472 e. The van der Waals surface area contributed by atoms with Crippen molar-refractivity contribution in [3.63, 3.8) is 0 Å². The van der Waals surface area contributed by atoms with Gasteiger partial charge in [-0.15, -0.1) is 0 Å². The average molecular weight is 854 g/mol. The first-order chi connectivity index (χ1) is 28.3. The lowest BCUT2D eigenvalue weighted by Gasteiger charge is -2.20. The van der Waals surface area contributed by atoms with Gasteiger partial charge >= 0.3 is 25.7 Å². The molecule has 336 valence electrons. The molecule has 1 aliphatic rings. The molecule has 0 spiro atoms. The molecular formula is C44H72NO13P. The number of carboxylic acids is 1. The largest absolute Gasteiger partial charge is 0.480 e. The van der Waals surface area contributed by atoms with Crippen LogP contribution < -0.4 is 5.73 Å². The molecule has 0 aromatic heterocycles. The number of esters is 2. The van der Waals surface area contributed by atoms with E-state index in [1.807, 2.05) is 12.2 Å². The van der Waals surface area contributed by atoms with E-state index in [-0.39, 0.29) is 31.1 Å². The summed E-state index contributed by atoms with van der Waals surface area (Å²) in [6, 6.07) is -1.58. The van der Waals surface area contributed by atoms with E-state index in [2.05, 4.69) is 54.8 Å². The van der Waals surface area contributed by atoms with Crippen LogP contribution >= 0.6 is 7.82 Å². The number of carbonyl (C=O) groups is 3. The average Bonchev–Trinajstić information content (AvgIpc) is 3.47. The highest BCUT2D eigenvalue weighted by Crippen LogP contribution is 2.43. The van der Waals surface area contributed by atoms with Gasteiger partial charge in [-0.3, -0.25) is 23.4 Å². The molecule has 1 saturated carbocycles. The topological polar surface area (TPSA) is 232 Å². The van der Waals surface area contributed by atoms with E-state index >= 15 is 0 Å². The maximum atomic E-state index is 12.7. The molecule has 0 saturated heterocycles. The number of aliphatic hydroxyl groups excluding tert-OH is 3. The van der Waals surface area contributed by atoms with E-state index in [0.717, 1.165) is 44.9 Å². The third-order valence-electron chi connectivity index (χ3n) is 9.53. The molecule has 0 aliphatic heterocycles.